The van der Waals surface area contributed by atoms with Crippen LogP contribution in [0.15, 0.2) is 41.1 Å². The predicted molar refractivity (Wildman–Crippen MR) is 218 cm³/mol. The van der Waals surface area contributed by atoms with E-state index in [9.17, 15) is 19.8 Å². The third-order valence-corrected chi connectivity index (χ3v) is 11.1. The molecule has 3 rings (SSSR count). The predicted octanol–water partition coefficient (Wildman–Crippen LogP) is 8.32. The van der Waals surface area contributed by atoms with Crippen LogP contribution in [0, 0.1) is 0 Å². The smallest absolute Gasteiger partial charge is 0.337 e. The summed E-state index contributed by atoms with van der Waals surface area (Å²) in [6.45, 7) is 9.24. The molecule has 0 aliphatic carbocycles. The highest BCUT2D eigenvalue weighted by Gasteiger charge is 2.47. The van der Waals surface area contributed by atoms with Gasteiger partial charge in [-0.3, -0.25) is 4.79 Å². The monoisotopic (exact) mass is 774 g/mol. The van der Waals surface area contributed by atoms with Crippen LogP contribution in [0.3, 0.4) is 0 Å². The van der Waals surface area contributed by atoms with E-state index in [1.807, 2.05) is 19.1 Å². The number of nitrogens with zero attached hydrogens (tertiary/aromatic N) is 2. The van der Waals surface area contributed by atoms with E-state index in [0.29, 0.717) is 88.6 Å². The fourth-order valence-electron chi connectivity index (χ4n) is 7.99. The van der Waals surface area contributed by atoms with Crippen LogP contribution < -0.4 is 5.73 Å². The van der Waals surface area contributed by atoms with Gasteiger partial charge in [-0.2, -0.15) is 0 Å². The highest BCUT2D eigenvalue weighted by Crippen LogP contribution is 2.41. The molecule has 2 saturated heterocycles. The number of rotatable bonds is 30. The third-order valence-electron chi connectivity index (χ3n) is 11.1. The molecule has 0 aromatic heterocycles. The molecule has 0 aromatic rings. The van der Waals surface area contributed by atoms with E-state index in [0.717, 1.165) is 57.8 Å². The third kappa shape index (κ3) is 17.5. The summed E-state index contributed by atoms with van der Waals surface area (Å²) in [5.41, 5.74) is 7.97. The number of ether oxygens (including phenoxy) is 4. The van der Waals surface area contributed by atoms with E-state index < -0.39 is 18.0 Å². The number of esters is 2. The minimum absolute atomic E-state index is 0.00436. The maximum Gasteiger partial charge on any atom is 0.337 e. The van der Waals surface area contributed by atoms with E-state index in [1.165, 1.54) is 51.4 Å². The Morgan fingerprint density at radius 2 is 1.60 bits per heavy atom. The Morgan fingerprint density at radius 3 is 2.22 bits per heavy atom. The van der Waals surface area contributed by atoms with Crippen LogP contribution in [-0.4, -0.2) is 89.5 Å². The number of carbonyl (C=O) groups excluding carboxylic acids is 2. The summed E-state index contributed by atoms with van der Waals surface area (Å²) in [5.74, 6) is -0.763. The van der Waals surface area contributed by atoms with Gasteiger partial charge in [0.25, 0.3) is 0 Å². The number of fused-ring (bicyclic) bond motifs is 1. The van der Waals surface area contributed by atoms with Crippen LogP contribution in [0.5, 0.6) is 0 Å². The topological polar surface area (TPSA) is 153 Å². The van der Waals surface area contributed by atoms with Crippen molar-refractivity contribution in [1.29, 1.82) is 0 Å². The Hall–Kier alpha value is -2.73. The number of hydrogen-bond donors (Lipinski definition) is 3. The molecule has 0 amide bonds. The molecule has 2 fully saturated rings. The van der Waals surface area contributed by atoms with Crippen molar-refractivity contribution in [3.8, 4) is 0 Å². The van der Waals surface area contributed by atoms with E-state index in [-0.39, 0.29) is 24.0 Å². The van der Waals surface area contributed by atoms with Gasteiger partial charge in [-0.05, 0) is 71.1 Å². The minimum Gasteiger partial charge on any atom is -0.462 e. The molecule has 0 unspecified atom stereocenters. The summed E-state index contributed by atoms with van der Waals surface area (Å²) in [4.78, 5) is 32.2. The average Bonchev–Trinajstić information content (AvgIpc) is 3.58. The molecule has 0 aromatic carbocycles. The molecule has 0 spiro atoms. The van der Waals surface area contributed by atoms with Crippen molar-refractivity contribution in [3.05, 3.63) is 36.1 Å². The molecule has 0 saturated carbocycles. The fraction of sp³-hybridized carbons (Fsp3) is 0.795. The summed E-state index contributed by atoms with van der Waals surface area (Å²) in [6, 6.07) is -0.217. The van der Waals surface area contributed by atoms with Gasteiger partial charge >= 0.3 is 11.9 Å². The average molecular weight is 774 g/mol. The molecule has 55 heavy (non-hydrogen) atoms. The molecular weight excluding hydrogens is 698 g/mol. The zero-order chi connectivity index (χ0) is 39.7. The molecular formula is C44H75N3O8. The minimum atomic E-state index is -0.757. The Labute approximate surface area is 332 Å². The maximum absolute atomic E-state index is 13.8. The Morgan fingerprint density at radius 1 is 0.964 bits per heavy atom. The lowest BCUT2D eigenvalue weighted by atomic mass is 9.98. The second-order valence-electron chi connectivity index (χ2n) is 15.8. The summed E-state index contributed by atoms with van der Waals surface area (Å²) in [7, 11) is 0. The lowest BCUT2D eigenvalue weighted by Gasteiger charge is -2.42. The number of carbonyl (C=O) groups is 2. The maximum atomic E-state index is 13.8. The van der Waals surface area contributed by atoms with E-state index in [1.54, 1.807) is 13.0 Å². The SMILES string of the molecule is C=CCOC(=O)CCCCCCCCCCCCCCCOC(=O)C1=C(CCC[C@@H](C)O)N=C(N)N2[C@H](CC3(CC/C=C\[C@@H](O)CC)OCCCO3)CC[C@@H]12. The number of guanidine groups is 1. The Kier molecular flexibility index (Phi) is 22.9. The highest BCUT2D eigenvalue weighted by molar-refractivity contribution is 5.95. The molecule has 4 atom stereocenters. The van der Waals surface area contributed by atoms with E-state index in [2.05, 4.69) is 11.5 Å². The molecule has 3 heterocycles. The first kappa shape index (κ1) is 46.7. The van der Waals surface area contributed by atoms with Crippen molar-refractivity contribution >= 4 is 17.9 Å². The van der Waals surface area contributed by atoms with E-state index >= 15 is 0 Å². The van der Waals surface area contributed by atoms with Gasteiger partial charge in [0.05, 0.1) is 49.3 Å². The van der Waals surface area contributed by atoms with Crippen molar-refractivity contribution in [2.45, 2.75) is 198 Å². The lowest BCUT2D eigenvalue weighted by Crippen LogP contribution is -2.53. The standard InChI is InChI=1S/C44H75N3O8/c1-4-30-52-40(50)26-17-15-13-11-9-7-6-8-10-12-14-16-20-31-53-42(51)41-38(25-21-23-35(3)48)46-43(45)47-36(27-28-39(41)47)34-44(54-32-22-33-55-44)29-19-18-24-37(49)5-2/h4,18,24,35-37,39,48-49H,1,5-17,19-23,25-34H2,2-3H3,(H2,45,46)/b24-18-/t35-,36+,37+,39+/m1/s1. The molecule has 4 N–H and O–H groups in total. The molecule has 11 heteroatoms. The van der Waals surface area contributed by atoms with Gasteiger partial charge in [-0.1, -0.05) is 102 Å². The summed E-state index contributed by atoms with van der Waals surface area (Å²) in [6.07, 6.45) is 27.0. The quantitative estimate of drug-likeness (QED) is 0.0369. The van der Waals surface area contributed by atoms with Crippen molar-refractivity contribution < 1.29 is 38.7 Å². The molecule has 0 radical (unpaired) electrons. The van der Waals surface area contributed by atoms with E-state index in [4.69, 9.17) is 29.7 Å². The van der Waals surface area contributed by atoms with Gasteiger partial charge in [-0.25, -0.2) is 9.79 Å². The van der Waals surface area contributed by atoms with Gasteiger partial charge in [-0.15, -0.1) is 0 Å². The highest BCUT2D eigenvalue weighted by atomic mass is 16.7. The zero-order valence-electron chi connectivity index (χ0n) is 34.4. The number of aliphatic hydroxyl groups is 2. The first-order chi connectivity index (χ1) is 26.7. The van der Waals surface area contributed by atoms with Crippen LogP contribution in [-0.2, 0) is 28.5 Å². The fourth-order valence-corrected chi connectivity index (χ4v) is 7.99. The van der Waals surface area contributed by atoms with Crippen molar-refractivity contribution in [3.63, 3.8) is 0 Å². The second kappa shape index (κ2) is 27.0. The number of allylic oxidation sites excluding steroid dienone is 2. The van der Waals surface area contributed by atoms with Crippen molar-refractivity contribution in [2.75, 3.05) is 26.4 Å². The number of unbranched alkanes of at least 4 members (excludes halogenated alkanes) is 12. The first-order valence-electron chi connectivity index (χ1n) is 21.8. The Balaban J connectivity index is 1.41. The summed E-state index contributed by atoms with van der Waals surface area (Å²) < 4.78 is 23.6. The second-order valence-corrected chi connectivity index (χ2v) is 15.8. The van der Waals surface area contributed by atoms with Crippen LogP contribution in [0.1, 0.15) is 168 Å². The van der Waals surface area contributed by atoms with Crippen LogP contribution in [0.2, 0.25) is 0 Å². The van der Waals surface area contributed by atoms with Crippen LogP contribution >= 0.6 is 0 Å². The molecule has 3 aliphatic rings. The molecule has 314 valence electrons. The molecule has 11 nitrogen and oxygen atoms in total. The molecule has 0 bridgehead atoms. The molecule has 3 aliphatic heterocycles. The van der Waals surface area contributed by atoms with Crippen molar-refractivity contribution in [1.82, 2.24) is 4.90 Å². The normalized spacial score (nSPS) is 20.7. The van der Waals surface area contributed by atoms with Gasteiger partial charge in [0.1, 0.15) is 6.61 Å². The Bertz CT molecular complexity index is 1210. The number of hydrogen-bond acceptors (Lipinski definition) is 11. The number of nitrogens with two attached hydrogens (primary N) is 1. The van der Waals surface area contributed by atoms with Crippen LogP contribution in [0.4, 0.5) is 0 Å². The largest absolute Gasteiger partial charge is 0.462 e. The van der Waals surface area contributed by atoms with Crippen molar-refractivity contribution in [2.24, 2.45) is 10.7 Å². The first-order valence-corrected chi connectivity index (χ1v) is 21.8. The lowest BCUT2D eigenvalue weighted by molar-refractivity contribution is -0.276. The van der Waals surface area contributed by atoms with Gasteiger partial charge in [0.2, 0.25) is 0 Å². The van der Waals surface area contributed by atoms with Gasteiger partial charge < -0.3 is 39.8 Å². The van der Waals surface area contributed by atoms with Gasteiger partial charge in [0, 0.05) is 25.3 Å². The summed E-state index contributed by atoms with van der Waals surface area (Å²) >= 11 is 0. The number of aliphatic imine (C=N–C) groups is 1. The zero-order valence-corrected chi connectivity index (χ0v) is 34.4. The number of aliphatic hydroxyl groups excluding tert-OH is 2. The van der Waals surface area contributed by atoms with Gasteiger partial charge in [0.15, 0.2) is 11.7 Å². The van der Waals surface area contributed by atoms with Crippen LogP contribution in [0.25, 0.3) is 0 Å². The summed E-state index contributed by atoms with van der Waals surface area (Å²) in [5, 5.41) is 19.9.